The Morgan fingerprint density at radius 2 is 2.28 bits per heavy atom. The zero-order valence-electron chi connectivity index (χ0n) is 10.6. The highest BCUT2D eigenvalue weighted by Gasteiger charge is 2.30. The molecule has 2 atom stereocenters. The van der Waals surface area contributed by atoms with Crippen LogP contribution in [-0.4, -0.2) is 21.3 Å². The molecular formula is C14H19N3O. The van der Waals surface area contributed by atoms with E-state index in [1.54, 1.807) is 0 Å². The minimum atomic E-state index is 0.263. The van der Waals surface area contributed by atoms with Crippen LogP contribution in [0.15, 0.2) is 18.2 Å². The third-order valence-corrected chi connectivity index (χ3v) is 4.08. The maximum absolute atomic E-state index is 9.49. The van der Waals surface area contributed by atoms with Crippen molar-refractivity contribution in [1.82, 2.24) is 9.55 Å². The predicted octanol–water partition coefficient (Wildman–Crippen LogP) is 2.26. The first-order valence-electron chi connectivity index (χ1n) is 6.55. The molecule has 4 nitrogen and oxygen atoms in total. The minimum Gasteiger partial charge on any atom is -0.399 e. The van der Waals surface area contributed by atoms with Gasteiger partial charge in [-0.05, 0) is 38.0 Å². The van der Waals surface area contributed by atoms with E-state index >= 15 is 0 Å². The van der Waals surface area contributed by atoms with Gasteiger partial charge in [0.1, 0.15) is 5.82 Å². The van der Waals surface area contributed by atoms with Crippen molar-refractivity contribution in [3.05, 3.63) is 24.0 Å². The molecule has 1 fully saturated rings. The van der Waals surface area contributed by atoms with Crippen molar-refractivity contribution in [1.29, 1.82) is 0 Å². The van der Waals surface area contributed by atoms with Crippen LogP contribution >= 0.6 is 0 Å². The Kier molecular flexibility index (Phi) is 2.74. The molecule has 96 valence electrons. The summed E-state index contributed by atoms with van der Waals surface area (Å²) in [4.78, 5) is 4.59. The third-order valence-electron chi connectivity index (χ3n) is 4.08. The molecular weight excluding hydrogens is 226 g/mol. The van der Waals surface area contributed by atoms with Gasteiger partial charge in [-0.1, -0.05) is 6.42 Å². The van der Waals surface area contributed by atoms with Gasteiger partial charge in [-0.2, -0.15) is 0 Å². The zero-order valence-corrected chi connectivity index (χ0v) is 10.6. The number of fused-ring (bicyclic) bond motifs is 1. The van der Waals surface area contributed by atoms with Crippen LogP contribution < -0.4 is 5.73 Å². The van der Waals surface area contributed by atoms with Gasteiger partial charge in [0.25, 0.3) is 0 Å². The zero-order chi connectivity index (χ0) is 12.7. The molecule has 1 heterocycles. The summed E-state index contributed by atoms with van der Waals surface area (Å²) in [5, 5.41) is 9.49. The summed E-state index contributed by atoms with van der Waals surface area (Å²) in [6.07, 6.45) is 3.42. The average molecular weight is 245 g/mol. The van der Waals surface area contributed by atoms with Crippen molar-refractivity contribution in [3.63, 3.8) is 0 Å². The maximum atomic E-state index is 9.49. The molecule has 0 bridgehead atoms. The highest BCUT2D eigenvalue weighted by Crippen LogP contribution is 2.38. The van der Waals surface area contributed by atoms with Crippen LogP contribution in [0.4, 0.5) is 5.69 Å². The third kappa shape index (κ3) is 1.68. The molecule has 0 spiro atoms. The van der Waals surface area contributed by atoms with Crippen molar-refractivity contribution in [3.8, 4) is 0 Å². The number of aromatic nitrogens is 2. The van der Waals surface area contributed by atoms with E-state index in [0.717, 1.165) is 35.4 Å². The van der Waals surface area contributed by atoms with Gasteiger partial charge >= 0.3 is 0 Å². The number of aliphatic hydroxyl groups excluding tert-OH is 1. The molecule has 2 aromatic rings. The van der Waals surface area contributed by atoms with Crippen molar-refractivity contribution < 1.29 is 5.11 Å². The summed E-state index contributed by atoms with van der Waals surface area (Å²) in [6, 6.07) is 6.26. The number of nitrogens with zero attached hydrogens (tertiary/aromatic N) is 2. The molecule has 1 aliphatic carbocycles. The Balaban J connectivity index is 2.13. The number of hydrogen-bond donors (Lipinski definition) is 2. The molecule has 0 radical (unpaired) electrons. The Labute approximate surface area is 106 Å². The molecule has 1 aliphatic rings. The number of imidazole rings is 1. The molecule has 4 heteroatoms. The number of nitrogen functional groups attached to an aromatic ring is 1. The molecule has 1 saturated carbocycles. The monoisotopic (exact) mass is 245 g/mol. The summed E-state index contributed by atoms with van der Waals surface area (Å²) in [6.45, 7) is 2.29. The van der Waals surface area contributed by atoms with Crippen LogP contribution in [0, 0.1) is 12.8 Å². The lowest BCUT2D eigenvalue weighted by atomic mass is 10.0. The molecule has 2 unspecified atom stereocenters. The normalized spacial score (nSPS) is 23.9. The second-order valence-electron chi connectivity index (χ2n) is 5.22. The second kappa shape index (κ2) is 4.28. The summed E-state index contributed by atoms with van der Waals surface area (Å²) in [5.41, 5.74) is 8.63. The number of anilines is 1. The van der Waals surface area contributed by atoms with Crippen molar-refractivity contribution >= 4 is 16.7 Å². The minimum absolute atomic E-state index is 0.263. The van der Waals surface area contributed by atoms with Gasteiger partial charge in [-0.3, -0.25) is 0 Å². The van der Waals surface area contributed by atoms with Crippen LogP contribution in [-0.2, 0) is 0 Å². The Hall–Kier alpha value is -1.55. The number of benzene rings is 1. The highest BCUT2D eigenvalue weighted by atomic mass is 16.3. The lowest BCUT2D eigenvalue weighted by molar-refractivity contribution is 0.197. The molecule has 1 aromatic carbocycles. The van der Waals surface area contributed by atoms with Crippen molar-refractivity contribution in [2.24, 2.45) is 5.92 Å². The molecule has 3 rings (SSSR count). The molecule has 0 aliphatic heterocycles. The van der Waals surface area contributed by atoms with E-state index in [2.05, 4.69) is 9.55 Å². The second-order valence-corrected chi connectivity index (χ2v) is 5.22. The fourth-order valence-corrected chi connectivity index (χ4v) is 3.23. The standard InChI is InChI=1S/C14H19N3O/c1-9-16-12-7-11(15)5-6-14(12)17(9)13-4-2-3-10(13)8-18/h5-7,10,13,18H,2-4,8,15H2,1H3. The molecule has 18 heavy (non-hydrogen) atoms. The lowest BCUT2D eigenvalue weighted by Crippen LogP contribution is -2.18. The van der Waals surface area contributed by atoms with E-state index < -0.39 is 0 Å². The van der Waals surface area contributed by atoms with Crippen molar-refractivity contribution in [2.75, 3.05) is 12.3 Å². The molecule has 0 amide bonds. The first-order valence-corrected chi connectivity index (χ1v) is 6.55. The Bertz CT molecular complexity index is 576. The van der Waals surface area contributed by atoms with Crippen LogP contribution in [0.1, 0.15) is 31.1 Å². The van der Waals surface area contributed by atoms with Crippen LogP contribution in [0.2, 0.25) is 0 Å². The number of aliphatic hydroxyl groups is 1. The van der Waals surface area contributed by atoms with E-state index in [9.17, 15) is 5.11 Å². The van der Waals surface area contributed by atoms with Gasteiger partial charge in [-0.15, -0.1) is 0 Å². The first-order chi connectivity index (χ1) is 8.70. The fraction of sp³-hybridized carbons (Fsp3) is 0.500. The van der Waals surface area contributed by atoms with Gasteiger partial charge in [-0.25, -0.2) is 4.98 Å². The molecule has 3 N–H and O–H groups in total. The lowest BCUT2D eigenvalue weighted by Gasteiger charge is -2.21. The van der Waals surface area contributed by atoms with E-state index in [4.69, 9.17) is 5.73 Å². The van der Waals surface area contributed by atoms with Crippen LogP contribution in [0.25, 0.3) is 11.0 Å². The van der Waals surface area contributed by atoms with E-state index in [0.29, 0.717) is 12.0 Å². The van der Waals surface area contributed by atoms with Gasteiger partial charge < -0.3 is 15.4 Å². The van der Waals surface area contributed by atoms with Gasteiger partial charge in [0.15, 0.2) is 0 Å². The van der Waals surface area contributed by atoms with Gasteiger partial charge in [0.2, 0.25) is 0 Å². The Morgan fingerprint density at radius 3 is 3.06 bits per heavy atom. The Morgan fingerprint density at radius 1 is 1.44 bits per heavy atom. The fourth-order valence-electron chi connectivity index (χ4n) is 3.23. The summed E-state index contributed by atoms with van der Waals surface area (Å²) in [5.74, 6) is 1.37. The molecule has 0 saturated heterocycles. The topological polar surface area (TPSA) is 64.1 Å². The SMILES string of the molecule is Cc1nc2cc(N)ccc2n1C1CCCC1CO. The van der Waals surface area contributed by atoms with E-state index in [1.165, 1.54) is 6.42 Å². The highest BCUT2D eigenvalue weighted by molar-refractivity contribution is 5.79. The summed E-state index contributed by atoms with van der Waals surface area (Å²) in [7, 11) is 0. The van der Waals surface area contributed by atoms with Crippen LogP contribution in [0.3, 0.4) is 0 Å². The maximum Gasteiger partial charge on any atom is 0.106 e. The smallest absolute Gasteiger partial charge is 0.106 e. The van der Waals surface area contributed by atoms with Crippen LogP contribution in [0.5, 0.6) is 0 Å². The summed E-state index contributed by atoms with van der Waals surface area (Å²) >= 11 is 0. The largest absolute Gasteiger partial charge is 0.399 e. The number of nitrogens with two attached hydrogens (primary N) is 1. The van der Waals surface area contributed by atoms with Gasteiger partial charge in [0.05, 0.1) is 11.0 Å². The summed E-state index contributed by atoms with van der Waals surface area (Å²) < 4.78 is 2.28. The predicted molar refractivity (Wildman–Crippen MR) is 72.3 cm³/mol. The number of hydrogen-bond acceptors (Lipinski definition) is 3. The van der Waals surface area contributed by atoms with Crippen molar-refractivity contribution in [2.45, 2.75) is 32.2 Å². The number of rotatable bonds is 2. The first kappa shape index (κ1) is 11.5. The van der Waals surface area contributed by atoms with Gasteiger partial charge in [0, 0.05) is 24.3 Å². The van der Waals surface area contributed by atoms with E-state index in [-0.39, 0.29) is 6.61 Å². The number of aryl methyl sites for hydroxylation is 1. The van der Waals surface area contributed by atoms with E-state index in [1.807, 2.05) is 25.1 Å². The molecule has 1 aromatic heterocycles. The quantitative estimate of drug-likeness (QED) is 0.798. The average Bonchev–Trinajstić information content (AvgIpc) is 2.90.